The molecule has 0 unspecified atom stereocenters. The average Bonchev–Trinajstić information content (AvgIpc) is 2.01. The van der Waals surface area contributed by atoms with Crippen LogP contribution in [0.4, 0.5) is 0 Å². The summed E-state index contributed by atoms with van der Waals surface area (Å²) in [6, 6.07) is 0. The van der Waals surface area contributed by atoms with Crippen LogP contribution >= 0.6 is 0 Å². The maximum absolute atomic E-state index is 2.69. The van der Waals surface area contributed by atoms with Crippen LogP contribution in [-0.2, 0) is 0 Å². The predicted octanol–water partition coefficient (Wildman–Crippen LogP) is 1.18. The van der Waals surface area contributed by atoms with Gasteiger partial charge in [-0.1, -0.05) is 6.92 Å². The summed E-state index contributed by atoms with van der Waals surface area (Å²) in [5, 5.41) is 0. The number of hydrogen-bond donors (Lipinski definition) is 0. The molecule has 1 spiro atoms. The minimum absolute atomic E-state index is 0.599. The summed E-state index contributed by atoms with van der Waals surface area (Å²) < 4.78 is 0. The van der Waals surface area contributed by atoms with Crippen LogP contribution in [-0.4, -0.2) is 48.6 Å². The molecule has 0 aromatic rings. The quantitative estimate of drug-likeness (QED) is 0.580. The summed E-state index contributed by atoms with van der Waals surface area (Å²) in [5.74, 6) is 0. The molecule has 0 N–H and O–H groups in total. The van der Waals surface area contributed by atoms with Crippen LogP contribution in [0.5, 0.6) is 0 Å². The van der Waals surface area contributed by atoms with Crippen molar-refractivity contribution in [2.75, 3.05) is 33.2 Å². The first-order valence-corrected chi connectivity index (χ1v) is 5.20. The summed E-state index contributed by atoms with van der Waals surface area (Å²) >= 11 is 0. The zero-order valence-electron chi connectivity index (χ0n) is 8.34. The number of piperazine rings is 1. The third-order valence-corrected chi connectivity index (χ3v) is 3.65. The van der Waals surface area contributed by atoms with E-state index in [1.807, 2.05) is 0 Å². The van der Waals surface area contributed by atoms with Crippen molar-refractivity contribution in [1.82, 2.24) is 9.80 Å². The Kier molecular flexibility index (Phi) is 2.13. The molecule has 0 aromatic heterocycles. The maximum atomic E-state index is 2.69. The Labute approximate surface area is 75.5 Å². The average molecular weight is 168 g/mol. The van der Waals surface area contributed by atoms with Gasteiger partial charge in [0.15, 0.2) is 0 Å². The first-order valence-electron chi connectivity index (χ1n) is 5.20. The van der Waals surface area contributed by atoms with E-state index in [1.165, 1.54) is 45.4 Å². The second-order valence-electron chi connectivity index (χ2n) is 4.40. The fourth-order valence-electron chi connectivity index (χ4n) is 2.76. The predicted molar refractivity (Wildman–Crippen MR) is 51.3 cm³/mol. The lowest BCUT2D eigenvalue weighted by Crippen LogP contribution is -2.64. The standard InChI is InChI=1S/C10H20N2/c1-3-12-8-7-11(2)9-10(12)5-4-6-10/h3-9H2,1-2H3. The molecule has 12 heavy (non-hydrogen) atoms. The van der Waals surface area contributed by atoms with Crippen LogP contribution in [0.3, 0.4) is 0 Å². The van der Waals surface area contributed by atoms with Crippen LogP contribution in [0, 0.1) is 0 Å². The van der Waals surface area contributed by atoms with E-state index in [1.54, 1.807) is 0 Å². The van der Waals surface area contributed by atoms with Gasteiger partial charge < -0.3 is 4.90 Å². The van der Waals surface area contributed by atoms with Crippen molar-refractivity contribution in [3.8, 4) is 0 Å². The second-order valence-corrected chi connectivity index (χ2v) is 4.40. The van der Waals surface area contributed by atoms with Gasteiger partial charge in [-0.05, 0) is 32.9 Å². The normalized spacial score (nSPS) is 30.5. The van der Waals surface area contributed by atoms with Gasteiger partial charge in [-0.25, -0.2) is 0 Å². The van der Waals surface area contributed by atoms with Crippen molar-refractivity contribution in [1.29, 1.82) is 0 Å². The lowest BCUT2D eigenvalue weighted by molar-refractivity contribution is -0.0419. The third kappa shape index (κ3) is 1.17. The molecule has 1 heterocycles. The smallest absolute Gasteiger partial charge is 0.0336 e. The lowest BCUT2D eigenvalue weighted by atomic mass is 9.74. The van der Waals surface area contributed by atoms with Crippen LogP contribution < -0.4 is 0 Å². The molecular weight excluding hydrogens is 148 g/mol. The van der Waals surface area contributed by atoms with Crippen molar-refractivity contribution in [3.05, 3.63) is 0 Å². The van der Waals surface area contributed by atoms with Gasteiger partial charge in [0, 0.05) is 25.2 Å². The fourth-order valence-corrected chi connectivity index (χ4v) is 2.76. The van der Waals surface area contributed by atoms with E-state index < -0.39 is 0 Å². The molecule has 0 radical (unpaired) electrons. The van der Waals surface area contributed by atoms with Gasteiger partial charge in [0.25, 0.3) is 0 Å². The second kappa shape index (κ2) is 3.00. The van der Waals surface area contributed by atoms with Crippen LogP contribution in [0.2, 0.25) is 0 Å². The minimum atomic E-state index is 0.599. The van der Waals surface area contributed by atoms with E-state index in [0.717, 1.165) is 0 Å². The molecule has 2 heteroatoms. The Morgan fingerprint density at radius 3 is 2.50 bits per heavy atom. The highest BCUT2D eigenvalue weighted by Crippen LogP contribution is 2.39. The number of hydrogen-bond acceptors (Lipinski definition) is 2. The lowest BCUT2D eigenvalue weighted by Gasteiger charge is -2.55. The SMILES string of the molecule is CCN1CCN(C)CC12CCC2. The molecule has 0 atom stereocenters. The zero-order chi connectivity index (χ0) is 8.60. The molecule has 2 fully saturated rings. The molecular formula is C10H20N2. The first-order chi connectivity index (χ1) is 5.77. The number of likely N-dealkylation sites (N-methyl/N-ethyl adjacent to an activating group) is 2. The Morgan fingerprint density at radius 1 is 1.25 bits per heavy atom. The molecule has 0 amide bonds. The molecule has 2 nitrogen and oxygen atoms in total. The fraction of sp³-hybridized carbons (Fsp3) is 1.00. The summed E-state index contributed by atoms with van der Waals surface area (Å²) in [6.45, 7) is 7.39. The van der Waals surface area contributed by atoms with E-state index in [0.29, 0.717) is 5.54 Å². The molecule has 1 saturated heterocycles. The van der Waals surface area contributed by atoms with Crippen molar-refractivity contribution in [2.24, 2.45) is 0 Å². The highest BCUT2D eigenvalue weighted by atomic mass is 15.3. The van der Waals surface area contributed by atoms with E-state index >= 15 is 0 Å². The van der Waals surface area contributed by atoms with Crippen molar-refractivity contribution in [2.45, 2.75) is 31.7 Å². The highest BCUT2D eigenvalue weighted by Gasteiger charge is 2.44. The number of nitrogens with zero attached hydrogens (tertiary/aromatic N) is 2. The van der Waals surface area contributed by atoms with Gasteiger partial charge in [-0.2, -0.15) is 0 Å². The van der Waals surface area contributed by atoms with Gasteiger partial charge in [-0.3, -0.25) is 4.90 Å². The van der Waals surface area contributed by atoms with E-state index in [2.05, 4.69) is 23.8 Å². The van der Waals surface area contributed by atoms with Crippen molar-refractivity contribution in [3.63, 3.8) is 0 Å². The van der Waals surface area contributed by atoms with Crippen LogP contribution in [0.1, 0.15) is 26.2 Å². The molecule has 70 valence electrons. The molecule has 0 bridgehead atoms. The van der Waals surface area contributed by atoms with Crippen LogP contribution in [0.25, 0.3) is 0 Å². The Morgan fingerprint density at radius 2 is 2.00 bits per heavy atom. The Balaban J connectivity index is 2.04. The minimum Gasteiger partial charge on any atom is -0.303 e. The van der Waals surface area contributed by atoms with Crippen molar-refractivity contribution < 1.29 is 0 Å². The van der Waals surface area contributed by atoms with Gasteiger partial charge in [0.1, 0.15) is 0 Å². The van der Waals surface area contributed by atoms with Gasteiger partial charge in [0.05, 0.1) is 0 Å². The monoisotopic (exact) mass is 168 g/mol. The largest absolute Gasteiger partial charge is 0.303 e. The van der Waals surface area contributed by atoms with E-state index in [9.17, 15) is 0 Å². The molecule has 2 aliphatic rings. The van der Waals surface area contributed by atoms with Gasteiger partial charge in [-0.15, -0.1) is 0 Å². The molecule has 1 saturated carbocycles. The highest BCUT2D eigenvalue weighted by molar-refractivity contribution is 5.02. The van der Waals surface area contributed by atoms with Gasteiger partial charge in [0.2, 0.25) is 0 Å². The summed E-state index contributed by atoms with van der Waals surface area (Å²) in [7, 11) is 2.26. The number of rotatable bonds is 1. The topological polar surface area (TPSA) is 6.48 Å². The molecule has 0 aromatic carbocycles. The molecule has 1 aliphatic carbocycles. The van der Waals surface area contributed by atoms with E-state index in [4.69, 9.17) is 0 Å². The van der Waals surface area contributed by atoms with Crippen molar-refractivity contribution >= 4 is 0 Å². The zero-order valence-corrected chi connectivity index (χ0v) is 8.34. The van der Waals surface area contributed by atoms with E-state index in [-0.39, 0.29) is 0 Å². The third-order valence-electron chi connectivity index (χ3n) is 3.65. The van der Waals surface area contributed by atoms with Crippen LogP contribution in [0.15, 0.2) is 0 Å². The maximum Gasteiger partial charge on any atom is 0.0336 e. The Hall–Kier alpha value is -0.0800. The molecule has 2 rings (SSSR count). The van der Waals surface area contributed by atoms with Gasteiger partial charge >= 0.3 is 0 Å². The Bertz CT molecular complexity index is 163. The molecule has 1 aliphatic heterocycles. The summed E-state index contributed by atoms with van der Waals surface area (Å²) in [4.78, 5) is 5.18. The summed E-state index contributed by atoms with van der Waals surface area (Å²) in [6.07, 6.45) is 4.32. The first kappa shape index (κ1) is 8.52. The summed E-state index contributed by atoms with van der Waals surface area (Å²) in [5.41, 5.74) is 0.599.